The third kappa shape index (κ3) is 5.76. The Balaban J connectivity index is 1.62. The van der Waals surface area contributed by atoms with Crippen molar-refractivity contribution in [3.63, 3.8) is 0 Å². The highest BCUT2D eigenvalue weighted by atomic mass is 16.3. The SMILES string of the molecule is C=C(NC)c1ccc2c(c1)CCc1cc(C(O)NC)ccc1C2(C[C@@H](C)NCC(=C)N1CCC[C@H]1C#N)c1n[nH]c(=O)[nH]1. The Labute approximate surface area is 252 Å². The topological polar surface area (TPSA) is 145 Å². The number of likely N-dealkylation sites (tertiary alicyclic amines) is 1. The van der Waals surface area contributed by atoms with Gasteiger partial charge in [0.15, 0.2) is 0 Å². The van der Waals surface area contributed by atoms with Gasteiger partial charge in [-0.2, -0.15) is 10.4 Å². The molecule has 1 aromatic heterocycles. The van der Waals surface area contributed by atoms with Crippen molar-refractivity contribution in [3.8, 4) is 6.07 Å². The molecule has 226 valence electrons. The maximum Gasteiger partial charge on any atom is 0.340 e. The van der Waals surface area contributed by atoms with Crippen LogP contribution in [0.5, 0.6) is 0 Å². The van der Waals surface area contributed by atoms with E-state index in [2.05, 4.69) is 92.5 Å². The maximum atomic E-state index is 12.6. The molecule has 0 saturated carbocycles. The van der Waals surface area contributed by atoms with Crippen LogP contribution < -0.4 is 21.6 Å². The number of nitrogens with one attached hydrogen (secondary N) is 5. The first-order valence-corrected chi connectivity index (χ1v) is 14.9. The standard InChI is InChI=1S/C33H42N8O2/c1-20(37-19-21(2)41-14-6-7-27(41)18-34)17-33(31-38-32(43)40-39-31)28-12-10-23(22(3)35-4)15-24(28)8-9-25-16-26(30(42)36-5)11-13-29(25)33/h10-13,15-16,20,27,30,35-37,42H,2-3,6-9,14,17,19H2,1,4-5H3,(H2,38,39,40,43)/t20-,27+,30?,33?/m1/s1. The van der Waals surface area contributed by atoms with Crippen LogP contribution in [0.3, 0.4) is 0 Å². The number of aromatic nitrogens is 3. The van der Waals surface area contributed by atoms with Crippen LogP contribution in [-0.2, 0) is 18.3 Å². The Morgan fingerprint density at radius 2 is 1.93 bits per heavy atom. The largest absolute Gasteiger partial charge is 0.388 e. The molecule has 1 aliphatic heterocycles. The van der Waals surface area contributed by atoms with Crippen molar-refractivity contribution in [2.24, 2.45) is 0 Å². The number of fused-ring (bicyclic) bond motifs is 2. The summed E-state index contributed by atoms with van der Waals surface area (Å²) in [5.74, 6) is 0.542. The lowest BCUT2D eigenvalue weighted by Gasteiger charge is -2.37. The lowest BCUT2D eigenvalue weighted by Crippen LogP contribution is -2.42. The number of aliphatic hydroxyl groups excluding tert-OH is 1. The summed E-state index contributed by atoms with van der Waals surface area (Å²) < 4.78 is 0. The van der Waals surface area contributed by atoms with E-state index in [0.29, 0.717) is 18.8 Å². The molecule has 0 bridgehead atoms. The Morgan fingerprint density at radius 1 is 1.21 bits per heavy atom. The van der Waals surface area contributed by atoms with Crippen molar-refractivity contribution < 1.29 is 5.11 Å². The third-order valence-electron chi connectivity index (χ3n) is 9.04. The van der Waals surface area contributed by atoms with Crippen molar-refractivity contribution in [1.82, 2.24) is 36.0 Å². The normalized spacial score (nSPS) is 20.8. The molecular weight excluding hydrogens is 540 g/mol. The monoisotopic (exact) mass is 582 g/mol. The van der Waals surface area contributed by atoms with E-state index in [-0.39, 0.29) is 17.8 Å². The Kier molecular flexibility index (Phi) is 8.87. The number of aryl methyl sites for hydroxylation is 2. The minimum Gasteiger partial charge on any atom is -0.388 e. The minimum absolute atomic E-state index is 0.0339. The number of hydrogen-bond donors (Lipinski definition) is 6. The van der Waals surface area contributed by atoms with Gasteiger partial charge in [-0.15, -0.1) is 0 Å². The van der Waals surface area contributed by atoms with E-state index in [9.17, 15) is 15.2 Å². The van der Waals surface area contributed by atoms with Gasteiger partial charge in [-0.3, -0.25) is 10.3 Å². The first-order valence-electron chi connectivity index (χ1n) is 14.9. The van der Waals surface area contributed by atoms with E-state index in [1.165, 1.54) is 0 Å². The van der Waals surface area contributed by atoms with Crippen LogP contribution >= 0.6 is 0 Å². The van der Waals surface area contributed by atoms with E-state index < -0.39 is 11.6 Å². The Hall–Kier alpha value is -4.17. The molecule has 2 aromatic carbocycles. The van der Waals surface area contributed by atoms with Gasteiger partial charge in [0, 0.05) is 37.6 Å². The van der Waals surface area contributed by atoms with E-state index in [4.69, 9.17) is 0 Å². The molecule has 5 rings (SSSR count). The van der Waals surface area contributed by atoms with E-state index in [0.717, 1.165) is 77.0 Å². The molecule has 0 radical (unpaired) electrons. The van der Waals surface area contributed by atoms with Gasteiger partial charge in [-0.05, 0) is 85.5 Å². The van der Waals surface area contributed by atoms with Gasteiger partial charge >= 0.3 is 5.69 Å². The molecule has 1 fully saturated rings. The fourth-order valence-electron chi connectivity index (χ4n) is 6.79. The quantitative estimate of drug-likeness (QED) is 0.189. The van der Waals surface area contributed by atoms with Gasteiger partial charge in [0.05, 0.1) is 11.5 Å². The average Bonchev–Trinajstić information content (AvgIpc) is 3.67. The van der Waals surface area contributed by atoms with Crippen molar-refractivity contribution in [3.05, 3.63) is 105 Å². The molecule has 10 nitrogen and oxygen atoms in total. The van der Waals surface area contributed by atoms with Crippen molar-refractivity contribution in [2.45, 2.75) is 62.8 Å². The van der Waals surface area contributed by atoms with Crippen LogP contribution in [-0.4, -0.2) is 64.5 Å². The van der Waals surface area contributed by atoms with Gasteiger partial charge < -0.3 is 20.6 Å². The number of aromatic amines is 2. The second-order valence-corrected chi connectivity index (χ2v) is 11.7. The smallest absolute Gasteiger partial charge is 0.340 e. The summed E-state index contributed by atoms with van der Waals surface area (Å²) >= 11 is 0. The van der Waals surface area contributed by atoms with Gasteiger partial charge in [-0.1, -0.05) is 43.5 Å². The Morgan fingerprint density at radius 3 is 2.58 bits per heavy atom. The summed E-state index contributed by atoms with van der Waals surface area (Å²) in [6.07, 6.45) is 3.16. The van der Waals surface area contributed by atoms with Crippen molar-refractivity contribution >= 4 is 5.70 Å². The molecule has 3 aromatic rings. The van der Waals surface area contributed by atoms with Crippen LogP contribution in [0.15, 0.2) is 60.0 Å². The first-order chi connectivity index (χ1) is 20.7. The highest BCUT2D eigenvalue weighted by molar-refractivity contribution is 5.65. The van der Waals surface area contributed by atoms with Crippen LogP contribution in [0, 0.1) is 11.3 Å². The second kappa shape index (κ2) is 12.6. The molecule has 10 heteroatoms. The third-order valence-corrected chi connectivity index (χ3v) is 9.04. The molecule has 4 atom stereocenters. The molecule has 1 saturated heterocycles. The van der Waals surface area contributed by atoms with Gasteiger partial charge in [0.25, 0.3) is 0 Å². The van der Waals surface area contributed by atoms with Crippen molar-refractivity contribution in [2.75, 3.05) is 27.2 Å². The fourth-order valence-corrected chi connectivity index (χ4v) is 6.79. The maximum absolute atomic E-state index is 12.6. The van der Waals surface area contributed by atoms with Crippen molar-refractivity contribution in [1.29, 1.82) is 5.26 Å². The summed E-state index contributed by atoms with van der Waals surface area (Å²) in [5.41, 5.74) is 6.69. The first kappa shape index (κ1) is 30.3. The molecule has 0 amide bonds. The lowest BCUT2D eigenvalue weighted by atomic mass is 9.67. The van der Waals surface area contributed by atoms with E-state index in [1.807, 2.05) is 13.1 Å². The molecule has 2 aliphatic rings. The molecular formula is C33H42N8O2. The highest BCUT2D eigenvalue weighted by Crippen LogP contribution is 2.47. The van der Waals surface area contributed by atoms with Crippen LogP contribution in [0.25, 0.3) is 5.70 Å². The molecule has 1 aliphatic carbocycles. The number of nitrogens with zero attached hydrogens (tertiary/aromatic N) is 3. The number of hydrogen-bond acceptors (Lipinski definition) is 8. The van der Waals surface area contributed by atoms with Gasteiger partial charge in [0.1, 0.15) is 18.1 Å². The zero-order chi connectivity index (χ0) is 30.7. The van der Waals surface area contributed by atoms with Crippen LogP contribution in [0.2, 0.25) is 0 Å². The zero-order valence-electron chi connectivity index (χ0n) is 25.3. The van der Waals surface area contributed by atoms with E-state index >= 15 is 0 Å². The van der Waals surface area contributed by atoms with Gasteiger partial charge in [0.2, 0.25) is 0 Å². The zero-order valence-corrected chi connectivity index (χ0v) is 25.3. The Bertz CT molecular complexity index is 1600. The second-order valence-electron chi connectivity index (χ2n) is 11.7. The lowest BCUT2D eigenvalue weighted by molar-refractivity contribution is 0.149. The summed E-state index contributed by atoms with van der Waals surface area (Å²) in [6, 6.07) is 14.7. The van der Waals surface area contributed by atoms with Crippen LogP contribution in [0.1, 0.15) is 71.6 Å². The summed E-state index contributed by atoms with van der Waals surface area (Å²) in [5, 5.41) is 37.1. The fraction of sp³-hybridized carbons (Fsp3) is 0.424. The number of nitriles is 1. The molecule has 0 spiro atoms. The van der Waals surface area contributed by atoms with E-state index in [1.54, 1.807) is 7.05 Å². The van der Waals surface area contributed by atoms with Crippen LogP contribution in [0.4, 0.5) is 0 Å². The predicted octanol–water partition coefficient (Wildman–Crippen LogP) is 2.80. The molecule has 2 unspecified atom stereocenters. The molecule has 6 N–H and O–H groups in total. The predicted molar refractivity (Wildman–Crippen MR) is 168 cm³/mol. The molecule has 2 heterocycles. The summed E-state index contributed by atoms with van der Waals surface area (Å²) in [7, 11) is 3.59. The average molecular weight is 583 g/mol. The number of H-pyrrole nitrogens is 2. The summed E-state index contributed by atoms with van der Waals surface area (Å²) in [4.78, 5) is 17.7. The molecule has 43 heavy (non-hydrogen) atoms. The number of benzene rings is 2. The highest BCUT2D eigenvalue weighted by Gasteiger charge is 2.45. The summed E-state index contributed by atoms with van der Waals surface area (Å²) in [6.45, 7) is 12.0. The van der Waals surface area contributed by atoms with Gasteiger partial charge in [-0.25, -0.2) is 9.89 Å². The number of rotatable bonds is 11. The number of aliphatic hydroxyl groups is 1. The minimum atomic E-state index is -0.806.